The SMILES string of the molecule is COc1cccc(CNCC(O)CCc2ccsc2)c1. The number of aryl methyl sites for hydroxylation is 1. The summed E-state index contributed by atoms with van der Waals surface area (Å²) in [6, 6.07) is 10.1. The van der Waals surface area contributed by atoms with Crippen molar-refractivity contribution in [2.75, 3.05) is 13.7 Å². The number of aliphatic hydroxyl groups excluding tert-OH is 1. The van der Waals surface area contributed by atoms with E-state index in [2.05, 4.69) is 22.1 Å². The van der Waals surface area contributed by atoms with Gasteiger partial charge in [0.15, 0.2) is 0 Å². The van der Waals surface area contributed by atoms with Gasteiger partial charge in [-0.05, 0) is 52.9 Å². The number of ether oxygens (including phenoxy) is 1. The second-order valence-electron chi connectivity index (χ2n) is 4.81. The first kappa shape index (κ1) is 15.0. The van der Waals surface area contributed by atoms with Gasteiger partial charge in [-0.3, -0.25) is 0 Å². The van der Waals surface area contributed by atoms with Crippen LogP contribution in [0.5, 0.6) is 5.75 Å². The van der Waals surface area contributed by atoms with Crippen LogP contribution in [0.4, 0.5) is 0 Å². The molecule has 0 saturated heterocycles. The smallest absolute Gasteiger partial charge is 0.119 e. The molecule has 2 aromatic rings. The summed E-state index contributed by atoms with van der Waals surface area (Å²) in [7, 11) is 1.67. The number of hydrogen-bond acceptors (Lipinski definition) is 4. The third-order valence-electron chi connectivity index (χ3n) is 3.19. The largest absolute Gasteiger partial charge is 0.497 e. The lowest BCUT2D eigenvalue weighted by molar-refractivity contribution is 0.161. The van der Waals surface area contributed by atoms with Crippen molar-refractivity contribution < 1.29 is 9.84 Å². The molecule has 0 aliphatic carbocycles. The number of aliphatic hydroxyl groups is 1. The summed E-state index contributed by atoms with van der Waals surface area (Å²) in [6.45, 7) is 1.36. The van der Waals surface area contributed by atoms with Crippen molar-refractivity contribution >= 4 is 11.3 Å². The summed E-state index contributed by atoms with van der Waals surface area (Å²) in [6.07, 6.45) is 1.42. The molecule has 0 bridgehead atoms. The first-order valence-corrected chi connectivity index (χ1v) is 7.75. The molecule has 20 heavy (non-hydrogen) atoms. The highest BCUT2D eigenvalue weighted by molar-refractivity contribution is 7.07. The zero-order valence-corrected chi connectivity index (χ0v) is 12.5. The summed E-state index contributed by atoms with van der Waals surface area (Å²) in [5.41, 5.74) is 2.47. The molecule has 1 atom stereocenters. The van der Waals surface area contributed by atoms with Crippen molar-refractivity contribution in [3.8, 4) is 5.75 Å². The van der Waals surface area contributed by atoms with Crippen LogP contribution in [0.3, 0.4) is 0 Å². The minimum absolute atomic E-state index is 0.305. The number of nitrogens with one attached hydrogen (secondary N) is 1. The highest BCUT2D eigenvalue weighted by Gasteiger charge is 2.05. The Balaban J connectivity index is 1.66. The van der Waals surface area contributed by atoms with E-state index in [-0.39, 0.29) is 6.10 Å². The van der Waals surface area contributed by atoms with Crippen molar-refractivity contribution in [3.05, 3.63) is 52.2 Å². The van der Waals surface area contributed by atoms with Gasteiger partial charge in [-0.1, -0.05) is 12.1 Å². The van der Waals surface area contributed by atoms with E-state index < -0.39 is 0 Å². The Labute approximate surface area is 124 Å². The van der Waals surface area contributed by atoms with E-state index in [4.69, 9.17) is 4.74 Å². The molecule has 1 heterocycles. The predicted molar refractivity (Wildman–Crippen MR) is 83.3 cm³/mol. The molecule has 108 valence electrons. The lowest BCUT2D eigenvalue weighted by Crippen LogP contribution is -2.26. The Kier molecular flexibility index (Phi) is 6.05. The van der Waals surface area contributed by atoms with Crippen LogP contribution >= 0.6 is 11.3 Å². The van der Waals surface area contributed by atoms with E-state index in [1.165, 1.54) is 5.56 Å². The summed E-state index contributed by atoms with van der Waals surface area (Å²) in [5, 5.41) is 17.4. The molecule has 0 aliphatic heterocycles. The van der Waals surface area contributed by atoms with E-state index in [0.29, 0.717) is 6.54 Å². The monoisotopic (exact) mass is 291 g/mol. The van der Waals surface area contributed by atoms with E-state index in [1.54, 1.807) is 18.4 Å². The number of thiophene rings is 1. The van der Waals surface area contributed by atoms with Crippen molar-refractivity contribution in [2.24, 2.45) is 0 Å². The van der Waals surface area contributed by atoms with Crippen molar-refractivity contribution in [3.63, 3.8) is 0 Å². The summed E-state index contributed by atoms with van der Waals surface area (Å²) >= 11 is 1.70. The standard InChI is InChI=1S/C16H21NO2S/c1-19-16-4-2-3-14(9-16)10-17-11-15(18)6-5-13-7-8-20-12-13/h2-4,7-9,12,15,17-18H,5-6,10-11H2,1H3. The van der Waals surface area contributed by atoms with Gasteiger partial charge in [0, 0.05) is 13.1 Å². The zero-order chi connectivity index (χ0) is 14.2. The topological polar surface area (TPSA) is 41.5 Å². The van der Waals surface area contributed by atoms with Crippen LogP contribution in [-0.4, -0.2) is 24.9 Å². The fourth-order valence-corrected chi connectivity index (χ4v) is 2.74. The van der Waals surface area contributed by atoms with Gasteiger partial charge in [0.2, 0.25) is 0 Å². The molecule has 0 amide bonds. The Morgan fingerprint density at radius 2 is 2.20 bits per heavy atom. The zero-order valence-electron chi connectivity index (χ0n) is 11.7. The molecule has 2 rings (SSSR count). The number of hydrogen-bond donors (Lipinski definition) is 2. The second-order valence-corrected chi connectivity index (χ2v) is 5.59. The quantitative estimate of drug-likeness (QED) is 0.786. The highest BCUT2D eigenvalue weighted by atomic mass is 32.1. The van der Waals surface area contributed by atoms with Gasteiger partial charge in [0.1, 0.15) is 5.75 Å². The van der Waals surface area contributed by atoms with Crippen LogP contribution in [0.2, 0.25) is 0 Å². The summed E-state index contributed by atoms with van der Waals surface area (Å²) in [5.74, 6) is 0.863. The molecule has 4 heteroatoms. The minimum atomic E-state index is -0.305. The number of rotatable bonds is 8. The van der Waals surface area contributed by atoms with E-state index in [0.717, 1.165) is 30.7 Å². The third-order valence-corrected chi connectivity index (χ3v) is 3.92. The van der Waals surface area contributed by atoms with Gasteiger partial charge < -0.3 is 15.2 Å². The van der Waals surface area contributed by atoms with Crippen LogP contribution in [0, 0.1) is 0 Å². The lowest BCUT2D eigenvalue weighted by atomic mass is 10.1. The molecular formula is C16H21NO2S. The molecule has 3 nitrogen and oxygen atoms in total. The predicted octanol–water partition coefficient (Wildman–Crippen LogP) is 2.84. The molecule has 1 aromatic carbocycles. The van der Waals surface area contributed by atoms with E-state index in [9.17, 15) is 5.11 Å². The fourth-order valence-electron chi connectivity index (χ4n) is 2.04. The van der Waals surface area contributed by atoms with Crippen LogP contribution in [0.25, 0.3) is 0 Å². The van der Waals surface area contributed by atoms with Gasteiger partial charge in [-0.2, -0.15) is 11.3 Å². The van der Waals surface area contributed by atoms with Crippen molar-refractivity contribution in [1.29, 1.82) is 0 Å². The minimum Gasteiger partial charge on any atom is -0.497 e. The maximum atomic E-state index is 9.94. The Bertz CT molecular complexity index is 499. The molecule has 0 aliphatic rings. The first-order chi connectivity index (χ1) is 9.78. The lowest BCUT2D eigenvalue weighted by Gasteiger charge is -2.12. The Morgan fingerprint density at radius 3 is 2.95 bits per heavy atom. The van der Waals surface area contributed by atoms with Gasteiger partial charge >= 0.3 is 0 Å². The van der Waals surface area contributed by atoms with Crippen LogP contribution in [0.15, 0.2) is 41.1 Å². The van der Waals surface area contributed by atoms with Crippen LogP contribution < -0.4 is 10.1 Å². The first-order valence-electron chi connectivity index (χ1n) is 6.80. The molecule has 0 saturated carbocycles. The fraction of sp³-hybridized carbons (Fsp3) is 0.375. The Hall–Kier alpha value is -1.36. The van der Waals surface area contributed by atoms with Crippen LogP contribution in [-0.2, 0) is 13.0 Å². The molecule has 0 radical (unpaired) electrons. The van der Waals surface area contributed by atoms with Gasteiger partial charge in [0.05, 0.1) is 13.2 Å². The molecule has 0 spiro atoms. The van der Waals surface area contributed by atoms with Crippen molar-refractivity contribution in [1.82, 2.24) is 5.32 Å². The number of methoxy groups -OCH3 is 1. The molecule has 0 fully saturated rings. The van der Waals surface area contributed by atoms with E-state index in [1.807, 2.05) is 24.3 Å². The highest BCUT2D eigenvalue weighted by Crippen LogP contribution is 2.12. The second kappa shape index (κ2) is 8.04. The average Bonchev–Trinajstić information content (AvgIpc) is 2.99. The van der Waals surface area contributed by atoms with Gasteiger partial charge in [-0.25, -0.2) is 0 Å². The van der Waals surface area contributed by atoms with Crippen molar-refractivity contribution in [2.45, 2.75) is 25.5 Å². The molecule has 2 N–H and O–H groups in total. The van der Waals surface area contributed by atoms with Gasteiger partial charge in [-0.15, -0.1) is 0 Å². The molecule has 1 unspecified atom stereocenters. The Morgan fingerprint density at radius 1 is 1.30 bits per heavy atom. The van der Waals surface area contributed by atoms with E-state index >= 15 is 0 Å². The molecular weight excluding hydrogens is 270 g/mol. The van der Waals surface area contributed by atoms with Crippen LogP contribution in [0.1, 0.15) is 17.5 Å². The summed E-state index contributed by atoms with van der Waals surface area (Å²) in [4.78, 5) is 0. The third kappa shape index (κ3) is 4.96. The maximum Gasteiger partial charge on any atom is 0.119 e. The summed E-state index contributed by atoms with van der Waals surface area (Å²) < 4.78 is 5.19. The average molecular weight is 291 g/mol. The normalized spacial score (nSPS) is 12.3. The maximum absolute atomic E-state index is 9.94. The van der Waals surface area contributed by atoms with Gasteiger partial charge in [0.25, 0.3) is 0 Å². The number of benzene rings is 1. The molecule has 1 aromatic heterocycles.